The average Bonchev–Trinajstić information content (AvgIpc) is 2.37. The lowest BCUT2D eigenvalue weighted by atomic mass is 9.95. The number of amides is 2. The number of benzene rings is 1. The van der Waals surface area contributed by atoms with E-state index in [9.17, 15) is 9.59 Å². The van der Waals surface area contributed by atoms with Gasteiger partial charge in [0.2, 0.25) is 11.8 Å². The maximum atomic E-state index is 12.0. The maximum absolute atomic E-state index is 12.0. The second kappa shape index (κ2) is 6.55. The minimum atomic E-state index is -0.563. The molecule has 1 rings (SSSR count). The van der Waals surface area contributed by atoms with Gasteiger partial charge in [-0.1, -0.05) is 39.8 Å². The smallest absolute Gasteiger partial charge is 0.246 e. The molecule has 1 aromatic carbocycles. The van der Waals surface area contributed by atoms with Crippen molar-refractivity contribution < 1.29 is 9.59 Å². The van der Waals surface area contributed by atoms with Crippen molar-refractivity contribution in [3.8, 4) is 0 Å². The lowest BCUT2D eigenvalue weighted by molar-refractivity contribution is -0.131. The number of hydrogen-bond donors (Lipinski definition) is 2. The molecule has 4 nitrogen and oxygen atoms in total. The Balaban J connectivity index is 2.64. The number of hydrogen-bond acceptors (Lipinski definition) is 2. The Morgan fingerprint density at radius 2 is 1.90 bits per heavy atom. The zero-order chi connectivity index (χ0) is 15.3. The van der Waals surface area contributed by atoms with Gasteiger partial charge >= 0.3 is 0 Å². The van der Waals surface area contributed by atoms with Gasteiger partial charge in [-0.3, -0.25) is 9.59 Å². The third kappa shape index (κ3) is 4.68. The largest absolute Gasteiger partial charge is 0.344 e. The van der Waals surface area contributed by atoms with Crippen molar-refractivity contribution in [1.29, 1.82) is 0 Å². The lowest BCUT2D eigenvalue weighted by Crippen LogP contribution is -2.46. The third-order valence-corrected chi connectivity index (χ3v) is 3.02. The second-order valence-electron chi connectivity index (χ2n) is 5.99. The van der Waals surface area contributed by atoms with Crippen LogP contribution in [-0.2, 0) is 16.0 Å². The van der Waals surface area contributed by atoms with Crippen LogP contribution in [-0.4, -0.2) is 17.9 Å². The van der Waals surface area contributed by atoms with Gasteiger partial charge in [0, 0.05) is 11.1 Å². The molecule has 0 saturated carbocycles. The number of nitrogens with one attached hydrogen (secondary N) is 2. The molecule has 1 aromatic rings. The van der Waals surface area contributed by atoms with E-state index in [0.29, 0.717) is 0 Å². The van der Waals surface area contributed by atoms with E-state index in [1.54, 1.807) is 6.92 Å². The van der Waals surface area contributed by atoms with Crippen LogP contribution in [0, 0.1) is 5.41 Å². The van der Waals surface area contributed by atoms with E-state index in [0.717, 1.165) is 17.7 Å². The first-order valence-corrected chi connectivity index (χ1v) is 6.94. The summed E-state index contributed by atoms with van der Waals surface area (Å²) in [4.78, 5) is 23.9. The van der Waals surface area contributed by atoms with E-state index in [2.05, 4.69) is 17.6 Å². The molecule has 0 spiro atoms. The fourth-order valence-corrected chi connectivity index (χ4v) is 1.60. The third-order valence-electron chi connectivity index (χ3n) is 3.02. The SMILES string of the molecule is CCc1cccc(NC(=O)C(C)NC(=O)C(C)(C)C)c1. The van der Waals surface area contributed by atoms with Crippen LogP contribution in [0.2, 0.25) is 0 Å². The van der Waals surface area contributed by atoms with E-state index in [1.165, 1.54) is 0 Å². The molecule has 0 aliphatic carbocycles. The molecule has 0 radical (unpaired) electrons. The van der Waals surface area contributed by atoms with Crippen LogP contribution >= 0.6 is 0 Å². The van der Waals surface area contributed by atoms with Crippen molar-refractivity contribution in [3.05, 3.63) is 29.8 Å². The van der Waals surface area contributed by atoms with Gasteiger partial charge in [0.15, 0.2) is 0 Å². The van der Waals surface area contributed by atoms with E-state index in [4.69, 9.17) is 0 Å². The first kappa shape index (κ1) is 16.2. The van der Waals surface area contributed by atoms with Crippen LogP contribution in [0.3, 0.4) is 0 Å². The minimum Gasteiger partial charge on any atom is -0.344 e. The fraction of sp³-hybridized carbons (Fsp3) is 0.500. The number of rotatable bonds is 4. The van der Waals surface area contributed by atoms with Gasteiger partial charge in [0.05, 0.1) is 0 Å². The Bertz CT molecular complexity index is 489. The molecule has 0 fully saturated rings. The topological polar surface area (TPSA) is 58.2 Å². The standard InChI is InChI=1S/C16H24N2O2/c1-6-12-8-7-9-13(10-12)18-14(19)11(2)17-15(20)16(3,4)5/h7-11H,6H2,1-5H3,(H,17,20)(H,18,19). The summed E-state index contributed by atoms with van der Waals surface area (Å²) >= 11 is 0. The highest BCUT2D eigenvalue weighted by Crippen LogP contribution is 2.14. The van der Waals surface area contributed by atoms with Gasteiger partial charge in [-0.25, -0.2) is 0 Å². The zero-order valence-corrected chi connectivity index (χ0v) is 12.9. The summed E-state index contributed by atoms with van der Waals surface area (Å²) in [6.07, 6.45) is 0.917. The van der Waals surface area contributed by atoms with Crippen molar-refractivity contribution in [2.75, 3.05) is 5.32 Å². The van der Waals surface area contributed by atoms with Gasteiger partial charge < -0.3 is 10.6 Å². The Kier molecular flexibility index (Phi) is 5.31. The second-order valence-corrected chi connectivity index (χ2v) is 5.99. The van der Waals surface area contributed by atoms with Gasteiger partial charge in [-0.2, -0.15) is 0 Å². The Labute approximate surface area is 121 Å². The molecule has 0 saturated heterocycles. The number of carbonyl (C=O) groups excluding carboxylic acids is 2. The van der Waals surface area contributed by atoms with Crippen molar-refractivity contribution in [2.45, 2.75) is 47.1 Å². The molecule has 2 amide bonds. The van der Waals surface area contributed by atoms with Gasteiger partial charge in [0.25, 0.3) is 0 Å². The number of aryl methyl sites for hydroxylation is 1. The van der Waals surface area contributed by atoms with E-state index < -0.39 is 11.5 Å². The summed E-state index contributed by atoms with van der Waals surface area (Å²) in [5.74, 6) is -0.349. The number of anilines is 1. The predicted octanol–water partition coefficient (Wildman–Crippen LogP) is 2.74. The normalized spacial score (nSPS) is 12.7. The Morgan fingerprint density at radius 1 is 1.25 bits per heavy atom. The molecule has 0 heterocycles. The minimum absolute atomic E-state index is 0.137. The van der Waals surface area contributed by atoms with Crippen LogP contribution in [0.4, 0.5) is 5.69 Å². The van der Waals surface area contributed by atoms with E-state index in [1.807, 2.05) is 45.0 Å². The quantitative estimate of drug-likeness (QED) is 0.888. The summed E-state index contributed by atoms with van der Waals surface area (Å²) in [7, 11) is 0. The molecular formula is C16H24N2O2. The monoisotopic (exact) mass is 276 g/mol. The molecule has 0 aliphatic rings. The van der Waals surface area contributed by atoms with Gasteiger partial charge in [-0.05, 0) is 31.0 Å². The van der Waals surface area contributed by atoms with Crippen LogP contribution in [0.5, 0.6) is 0 Å². The summed E-state index contributed by atoms with van der Waals surface area (Å²) in [6, 6.07) is 7.14. The first-order valence-electron chi connectivity index (χ1n) is 6.94. The molecule has 0 aromatic heterocycles. The molecule has 1 unspecified atom stereocenters. The zero-order valence-electron chi connectivity index (χ0n) is 12.9. The predicted molar refractivity (Wildman–Crippen MR) is 81.5 cm³/mol. The molecule has 4 heteroatoms. The van der Waals surface area contributed by atoms with Crippen LogP contribution in [0.15, 0.2) is 24.3 Å². The molecule has 2 N–H and O–H groups in total. The molecule has 20 heavy (non-hydrogen) atoms. The van der Waals surface area contributed by atoms with E-state index >= 15 is 0 Å². The summed E-state index contributed by atoms with van der Waals surface area (Å²) in [5, 5.41) is 5.54. The van der Waals surface area contributed by atoms with E-state index in [-0.39, 0.29) is 11.8 Å². The highest BCUT2D eigenvalue weighted by atomic mass is 16.2. The fourth-order valence-electron chi connectivity index (χ4n) is 1.60. The van der Waals surface area contributed by atoms with Crippen LogP contribution in [0.1, 0.15) is 40.2 Å². The summed E-state index contributed by atoms with van der Waals surface area (Å²) < 4.78 is 0. The van der Waals surface area contributed by atoms with Crippen molar-refractivity contribution in [1.82, 2.24) is 5.32 Å². The lowest BCUT2D eigenvalue weighted by Gasteiger charge is -2.21. The molecule has 1 atom stereocenters. The highest BCUT2D eigenvalue weighted by Gasteiger charge is 2.25. The maximum Gasteiger partial charge on any atom is 0.246 e. The summed E-state index contributed by atoms with van der Waals surface area (Å²) in [6.45, 7) is 9.20. The Hall–Kier alpha value is -1.84. The van der Waals surface area contributed by atoms with Gasteiger partial charge in [0.1, 0.15) is 6.04 Å². The molecular weight excluding hydrogens is 252 g/mol. The van der Waals surface area contributed by atoms with Gasteiger partial charge in [-0.15, -0.1) is 0 Å². The van der Waals surface area contributed by atoms with Crippen molar-refractivity contribution in [2.24, 2.45) is 5.41 Å². The summed E-state index contributed by atoms with van der Waals surface area (Å²) in [5.41, 5.74) is 1.41. The average molecular weight is 276 g/mol. The highest BCUT2D eigenvalue weighted by molar-refractivity contribution is 5.97. The molecule has 0 aliphatic heterocycles. The van der Waals surface area contributed by atoms with Crippen LogP contribution in [0.25, 0.3) is 0 Å². The molecule has 110 valence electrons. The van der Waals surface area contributed by atoms with Crippen molar-refractivity contribution in [3.63, 3.8) is 0 Å². The Morgan fingerprint density at radius 3 is 2.45 bits per heavy atom. The van der Waals surface area contributed by atoms with Crippen LogP contribution < -0.4 is 10.6 Å². The number of carbonyl (C=O) groups is 2. The van der Waals surface area contributed by atoms with Crippen molar-refractivity contribution >= 4 is 17.5 Å². The molecule has 0 bridgehead atoms. The first-order chi connectivity index (χ1) is 9.24.